The molecule has 14 heteroatoms. The van der Waals surface area contributed by atoms with Crippen LogP contribution < -0.4 is 15.0 Å². The van der Waals surface area contributed by atoms with Crippen molar-refractivity contribution in [2.75, 3.05) is 23.4 Å². The standard InChI is InChI=1S/C25H25F3N10O/c1-24(2,38(14-30)36-31)13-39-18-5-6-22(32-11-18)35-23-19-7-8-37(12-21(19)33-15-34-23)17-4-3-16(10-29)20(9-17)25(26,27)28/h3-6,9,11,14-15,30-31H,7-8,12-13H2,1-2H3,(H,32,33,34,35). The predicted molar refractivity (Wildman–Crippen MR) is 136 cm³/mol. The number of fused-ring (bicyclic) bond motifs is 1. The summed E-state index contributed by atoms with van der Waals surface area (Å²) in [6, 6.07) is 8.74. The van der Waals surface area contributed by atoms with Crippen molar-refractivity contribution < 1.29 is 17.9 Å². The van der Waals surface area contributed by atoms with Gasteiger partial charge in [0, 0.05) is 17.8 Å². The largest absolute Gasteiger partial charge is 0.489 e. The van der Waals surface area contributed by atoms with E-state index in [1.54, 1.807) is 36.9 Å². The first-order chi connectivity index (χ1) is 18.6. The number of nitriles is 1. The fraction of sp³-hybridized carbons (Fsp3) is 0.320. The van der Waals surface area contributed by atoms with Crippen LogP contribution in [-0.2, 0) is 19.1 Å². The zero-order chi connectivity index (χ0) is 28.2. The summed E-state index contributed by atoms with van der Waals surface area (Å²) in [7, 11) is 0. The smallest absolute Gasteiger partial charge is 0.417 e. The van der Waals surface area contributed by atoms with Crippen LogP contribution in [0.3, 0.4) is 0 Å². The fourth-order valence-corrected chi connectivity index (χ4v) is 4.07. The van der Waals surface area contributed by atoms with E-state index in [9.17, 15) is 13.2 Å². The van der Waals surface area contributed by atoms with Crippen LogP contribution >= 0.6 is 0 Å². The van der Waals surface area contributed by atoms with E-state index in [0.717, 1.165) is 18.0 Å². The van der Waals surface area contributed by atoms with Crippen LogP contribution in [0.15, 0.2) is 48.1 Å². The SMILES string of the molecule is CC(C)(COc1ccc(Nc2ncnc3c2CCN(c2ccc(C#N)c(C(F)(F)F)c2)C3)nc1)N(C=N)N=N. The number of hydrogen-bond donors (Lipinski definition) is 3. The first kappa shape index (κ1) is 27.2. The molecule has 3 N–H and O–H groups in total. The average molecular weight is 539 g/mol. The Kier molecular flexibility index (Phi) is 7.61. The molecule has 0 saturated heterocycles. The minimum atomic E-state index is -4.63. The molecule has 0 fully saturated rings. The molecule has 3 heterocycles. The molecule has 0 radical (unpaired) electrons. The molecule has 0 aliphatic carbocycles. The molecule has 0 saturated carbocycles. The van der Waals surface area contributed by atoms with Crippen molar-refractivity contribution in [3.05, 3.63) is 65.2 Å². The summed E-state index contributed by atoms with van der Waals surface area (Å²) in [6.45, 7) is 4.46. The van der Waals surface area contributed by atoms with Gasteiger partial charge in [-0.25, -0.2) is 20.0 Å². The van der Waals surface area contributed by atoms with Gasteiger partial charge < -0.3 is 15.0 Å². The maximum Gasteiger partial charge on any atom is 0.417 e. The molecule has 0 atom stereocenters. The molecule has 0 spiro atoms. The van der Waals surface area contributed by atoms with Crippen molar-refractivity contribution in [1.82, 2.24) is 20.0 Å². The van der Waals surface area contributed by atoms with Gasteiger partial charge in [0.05, 0.1) is 41.2 Å². The predicted octanol–water partition coefficient (Wildman–Crippen LogP) is 5.08. The molecule has 0 amide bonds. The van der Waals surface area contributed by atoms with Crippen molar-refractivity contribution >= 4 is 23.7 Å². The third kappa shape index (κ3) is 6.03. The number of nitrogens with zero attached hydrogens (tertiary/aromatic N) is 7. The highest BCUT2D eigenvalue weighted by Gasteiger charge is 2.34. The molecule has 4 rings (SSSR count). The molecule has 39 heavy (non-hydrogen) atoms. The Bertz CT molecular complexity index is 1390. The van der Waals surface area contributed by atoms with Crippen LogP contribution in [0.5, 0.6) is 5.75 Å². The molecular weight excluding hydrogens is 513 g/mol. The molecule has 0 unspecified atom stereocenters. The van der Waals surface area contributed by atoms with Crippen molar-refractivity contribution in [2.24, 2.45) is 5.22 Å². The van der Waals surface area contributed by atoms with Gasteiger partial charge in [-0.15, -0.1) is 0 Å². The number of aromatic nitrogens is 3. The summed E-state index contributed by atoms with van der Waals surface area (Å²) in [5.41, 5.74) is 6.96. The number of halogens is 3. The lowest BCUT2D eigenvalue weighted by atomic mass is 10.0. The summed E-state index contributed by atoms with van der Waals surface area (Å²) in [6.07, 6.45) is -0.273. The van der Waals surface area contributed by atoms with Crippen LogP contribution in [0, 0.1) is 22.3 Å². The van der Waals surface area contributed by atoms with Gasteiger partial charge in [0.1, 0.15) is 36.7 Å². The lowest BCUT2D eigenvalue weighted by Crippen LogP contribution is -2.44. The molecule has 202 valence electrons. The van der Waals surface area contributed by atoms with E-state index in [4.69, 9.17) is 20.9 Å². The second-order valence-corrected chi connectivity index (χ2v) is 9.34. The van der Waals surface area contributed by atoms with Gasteiger partial charge in [-0.2, -0.15) is 24.0 Å². The number of benzene rings is 1. The lowest BCUT2D eigenvalue weighted by molar-refractivity contribution is -0.137. The Morgan fingerprint density at radius 1 is 1.23 bits per heavy atom. The third-order valence-corrected chi connectivity index (χ3v) is 6.23. The number of hydrogen-bond acceptors (Lipinski definition) is 10. The fourth-order valence-electron chi connectivity index (χ4n) is 4.07. The molecule has 3 aromatic rings. The lowest BCUT2D eigenvalue weighted by Gasteiger charge is -2.31. The van der Waals surface area contributed by atoms with Gasteiger partial charge in [-0.05, 0) is 50.6 Å². The van der Waals surface area contributed by atoms with E-state index < -0.39 is 22.8 Å². The van der Waals surface area contributed by atoms with Crippen molar-refractivity contribution in [3.8, 4) is 11.8 Å². The number of pyridine rings is 1. The van der Waals surface area contributed by atoms with Gasteiger partial charge in [0.2, 0.25) is 0 Å². The third-order valence-electron chi connectivity index (χ3n) is 6.23. The number of rotatable bonds is 9. The topological polar surface area (TPSA) is 150 Å². The molecule has 2 aromatic heterocycles. The summed E-state index contributed by atoms with van der Waals surface area (Å²) in [4.78, 5) is 14.8. The Balaban J connectivity index is 1.45. The van der Waals surface area contributed by atoms with E-state index >= 15 is 0 Å². The van der Waals surface area contributed by atoms with E-state index in [1.807, 2.05) is 0 Å². The Morgan fingerprint density at radius 3 is 2.67 bits per heavy atom. The minimum Gasteiger partial charge on any atom is -0.489 e. The molecular formula is C25H25F3N10O. The van der Waals surface area contributed by atoms with Crippen LogP contribution in [0.2, 0.25) is 0 Å². The Labute approximate surface area is 222 Å². The van der Waals surface area contributed by atoms with E-state index in [2.05, 4.69) is 25.5 Å². The first-order valence-electron chi connectivity index (χ1n) is 11.8. The Morgan fingerprint density at radius 2 is 2.03 bits per heavy atom. The zero-order valence-corrected chi connectivity index (χ0v) is 21.1. The van der Waals surface area contributed by atoms with Crippen molar-refractivity contribution in [1.29, 1.82) is 16.2 Å². The zero-order valence-electron chi connectivity index (χ0n) is 21.1. The highest BCUT2D eigenvalue weighted by molar-refractivity contribution is 5.61. The van der Waals surface area contributed by atoms with Gasteiger partial charge in [-0.3, -0.25) is 5.41 Å². The van der Waals surface area contributed by atoms with Crippen molar-refractivity contribution in [2.45, 2.75) is 38.5 Å². The number of alkyl halides is 3. The molecule has 11 nitrogen and oxygen atoms in total. The van der Waals surface area contributed by atoms with Gasteiger partial charge in [0.25, 0.3) is 0 Å². The second-order valence-electron chi connectivity index (χ2n) is 9.34. The normalized spacial score (nSPS) is 13.2. The number of ether oxygens (including phenoxy) is 1. The van der Waals surface area contributed by atoms with E-state index in [0.29, 0.717) is 41.7 Å². The summed E-state index contributed by atoms with van der Waals surface area (Å²) < 4.78 is 46.0. The monoisotopic (exact) mass is 538 g/mol. The summed E-state index contributed by atoms with van der Waals surface area (Å²) >= 11 is 0. The maximum atomic E-state index is 13.4. The molecule has 1 aliphatic rings. The second kappa shape index (κ2) is 10.9. The Hall–Kier alpha value is -4.80. The van der Waals surface area contributed by atoms with E-state index in [-0.39, 0.29) is 13.2 Å². The number of nitrogens with one attached hydrogen (secondary N) is 3. The number of anilines is 3. The summed E-state index contributed by atoms with van der Waals surface area (Å²) in [5, 5.41) is 24.0. The average Bonchev–Trinajstić information content (AvgIpc) is 2.92. The van der Waals surface area contributed by atoms with Crippen LogP contribution in [0.4, 0.5) is 30.5 Å². The van der Waals surface area contributed by atoms with Crippen LogP contribution in [0.25, 0.3) is 0 Å². The minimum absolute atomic E-state index is 0.166. The first-order valence-corrected chi connectivity index (χ1v) is 11.8. The van der Waals surface area contributed by atoms with Gasteiger partial charge in [-0.1, -0.05) is 5.22 Å². The van der Waals surface area contributed by atoms with Gasteiger partial charge >= 0.3 is 6.18 Å². The molecule has 1 aromatic carbocycles. The van der Waals surface area contributed by atoms with Crippen LogP contribution in [-0.4, -0.2) is 45.0 Å². The van der Waals surface area contributed by atoms with Crippen molar-refractivity contribution in [3.63, 3.8) is 0 Å². The van der Waals surface area contributed by atoms with Crippen LogP contribution in [0.1, 0.15) is 36.2 Å². The molecule has 1 aliphatic heterocycles. The van der Waals surface area contributed by atoms with Gasteiger partial charge in [0.15, 0.2) is 0 Å². The summed E-state index contributed by atoms with van der Waals surface area (Å²) in [5.74, 6) is 1.55. The quantitative estimate of drug-likeness (QED) is 0.148. The molecule has 0 bridgehead atoms. The highest BCUT2D eigenvalue weighted by atomic mass is 19.4. The maximum absolute atomic E-state index is 13.4. The van der Waals surface area contributed by atoms with E-state index in [1.165, 1.54) is 29.7 Å². The highest BCUT2D eigenvalue weighted by Crippen LogP contribution is 2.36.